The van der Waals surface area contributed by atoms with E-state index in [-0.39, 0.29) is 0 Å². The Hall–Kier alpha value is 0.545. The zero-order valence-corrected chi connectivity index (χ0v) is 3.91. The monoisotopic (exact) mass is 110 g/mol. The lowest BCUT2D eigenvalue weighted by atomic mass is 10.8. The quantitative estimate of drug-likeness (QED) is 0.364. The Kier molecular flexibility index (Phi) is 1.48. The summed E-state index contributed by atoms with van der Waals surface area (Å²) in [6.45, 7) is -3.67. The second-order valence-electron chi connectivity index (χ2n) is 0.545. The number of hydrogen-bond donors (Lipinski definition) is 1. The van der Waals surface area contributed by atoms with Gasteiger partial charge in [0.15, 0.2) is 0 Å². The van der Waals surface area contributed by atoms with Gasteiger partial charge in [0.2, 0.25) is 14.2 Å². The first kappa shape index (κ1) is 5.54. The molecule has 0 aliphatic heterocycles. The Balaban J connectivity index is 3.47. The van der Waals surface area contributed by atoms with E-state index in [2.05, 4.69) is 18.8 Å². The Morgan fingerprint density at radius 1 is 2.00 bits per heavy atom. The van der Waals surface area contributed by atoms with Crippen LogP contribution in [0.1, 0.15) is 0 Å². The molecule has 0 amide bonds. The van der Waals surface area contributed by atoms with Crippen LogP contribution in [0, 0.1) is 0 Å². The van der Waals surface area contributed by atoms with E-state index in [4.69, 9.17) is 4.89 Å². The van der Waals surface area contributed by atoms with E-state index >= 15 is 0 Å². The van der Waals surface area contributed by atoms with E-state index in [1.807, 2.05) is 0 Å². The van der Waals surface area contributed by atoms with Gasteiger partial charge in [0.1, 0.15) is 0 Å². The van der Waals surface area contributed by atoms with E-state index in [9.17, 15) is 4.57 Å². The van der Waals surface area contributed by atoms with Gasteiger partial charge in [-0.25, -0.2) is 0 Å². The summed E-state index contributed by atoms with van der Waals surface area (Å²) in [6, 6.07) is 0. The minimum Gasteiger partial charge on any atom is -0.342 e. The van der Waals surface area contributed by atoms with Crippen molar-refractivity contribution < 1.29 is 9.46 Å². The smallest absolute Gasteiger partial charge is 0.225 e. The lowest BCUT2D eigenvalue weighted by molar-refractivity contribution is 0.512. The van der Waals surface area contributed by atoms with Crippen LogP contribution in [0.4, 0.5) is 0 Å². The summed E-state index contributed by atoms with van der Waals surface area (Å²) in [5.41, 5.74) is 0. The molecule has 2 nitrogen and oxygen atoms in total. The van der Waals surface area contributed by atoms with Crippen molar-refractivity contribution in [1.29, 1.82) is 0 Å². The maximum atomic E-state index is 9.31. The van der Waals surface area contributed by atoms with E-state index in [0.29, 0.717) is 0 Å². The van der Waals surface area contributed by atoms with Gasteiger partial charge < -0.3 is 4.89 Å². The molecular formula is HBClO2P. The van der Waals surface area contributed by atoms with Crippen molar-refractivity contribution in [2.75, 3.05) is 0 Å². The molecule has 0 aromatic carbocycles. The largest absolute Gasteiger partial charge is 0.342 e. The van der Waals surface area contributed by atoms with E-state index in [1.54, 1.807) is 0 Å². The molecule has 5 heteroatoms. The second kappa shape index (κ2) is 1.33. The first-order chi connectivity index (χ1) is 2.00. The molecule has 0 aliphatic carbocycles. The van der Waals surface area contributed by atoms with Crippen LogP contribution >= 0.6 is 17.8 Å². The molecule has 5 heavy (non-hydrogen) atoms. The molecule has 0 aliphatic rings. The molecule has 28 valence electrons. The van der Waals surface area contributed by atoms with Crippen molar-refractivity contribution in [2.24, 2.45) is 0 Å². The average molecular weight is 110 g/mol. The van der Waals surface area contributed by atoms with Crippen LogP contribution in [0.5, 0.6) is 0 Å². The third-order valence-electron chi connectivity index (χ3n) is 0. The number of rotatable bonds is 0. The minimum absolute atomic E-state index is 3.67. The van der Waals surface area contributed by atoms with Crippen molar-refractivity contribution in [3.63, 3.8) is 0 Å². The summed E-state index contributed by atoms with van der Waals surface area (Å²) in [7, 11) is 4.23. The molecule has 1 atom stereocenters. The van der Waals surface area contributed by atoms with Gasteiger partial charge in [-0.1, -0.05) is 0 Å². The molecule has 0 spiro atoms. The molecule has 0 bridgehead atoms. The summed E-state index contributed by atoms with van der Waals surface area (Å²) < 4.78 is 9.31. The fourth-order valence-electron chi connectivity index (χ4n) is 0. The van der Waals surface area contributed by atoms with Crippen LogP contribution in [-0.2, 0) is 4.57 Å². The lowest BCUT2D eigenvalue weighted by Crippen LogP contribution is -1.56. The Labute approximate surface area is 35.7 Å². The third-order valence-corrected chi connectivity index (χ3v) is 0. The second-order valence-corrected chi connectivity index (χ2v) is 3.09. The average Bonchev–Trinajstić information content (AvgIpc) is 0.722. The normalized spacial score (nSPS) is 21.2. The zero-order valence-electron chi connectivity index (χ0n) is 2.26. The fourth-order valence-corrected chi connectivity index (χ4v) is 0. The molecule has 0 heterocycles. The molecule has 0 saturated carbocycles. The molecular weight excluding hydrogens is 109 g/mol. The Morgan fingerprint density at radius 3 is 2.00 bits per heavy atom. The molecule has 2 radical (unpaired) electrons. The molecule has 0 aromatic heterocycles. The van der Waals surface area contributed by atoms with Gasteiger partial charge in [0.05, 0.1) is 0 Å². The highest BCUT2D eigenvalue weighted by molar-refractivity contribution is 8.03. The third kappa shape index (κ3) is 99.1. The van der Waals surface area contributed by atoms with E-state index in [0.717, 1.165) is 0 Å². The van der Waals surface area contributed by atoms with Crippen molar-refractivity contribution >= 4 is 25.4 Å². The van der Waals surface area contributed by atoms with Gasteiger partial charge in [0, 0.05) is 0 Å². The SMILES string of the molecule is [B]P(=O)(O)Cl. The van der Waals surface area contributed by atoms with Crippen molar-refractivity contribution in [3.05, 3.63) is 0 Å². The topological polar surface area (TPSA) is 37.3 Å². The van der Waals surface area contributed by atoms with E-state index < -0.39 is 6.60 Å². The van der Waals surface area contributed by atoms with Gasteiger partial charge >= 0.3 is 0 Å². The van der Waals surface area contributed by atoms with Gasteiger partial charge in [-0.05, 0) is 11.2 Å². The minimum atomic E-state index is -3.67. The van der Waals surface area contributed by atoms with Gasteiger partial charge in [-0.15, -0.1) is 0 Å². The molecule has 0 rings (SSSR count). The summed E-state index contributed by atoms with van der Waals surface area (Å²) in [5.74, 6) is 0. The van der Waals surface area contributed by atoms with Crippen LogP contribution in [-0.4, -0.2) is 12.5 Å². The number of hydrogen-bond acceptors (Lipinski definition) is 1. The lowest BCUT2D eigenvalue weighted by Gasteiger charge is -1.82. The molecule has 1 N–H and O–H groups in total. The Morgan fingerprint density at radius 2 is 2.00 bits per heavy atom. The predicted molar refractivity (Wildman–Crippen MR) is 21.4 cm³/mol. The van der Waals surface area contributed by atoms with Gasteiger partial charge in [-0.3, -0.25) is 4.57 Å². The molecule has 1 unspecified atom stereocenters. The van der Waals surface area contributed by atoms with Crippen LogP contribution < -0.4 is 0 Å². The molecule has 0 saturated heterocycles. The molecule has 0 aromatic rings. The van der Waals surface area contributed by atoms with Crippen LogP contribution in [0.3, 0.4) is 0 Å². The van der Waals surface area contributed by atoms with Crippen molar-refractivity contribution in [1.82, 2.24) is 0 Å². The highest BCUT2D eigenvalue weighted by Gasteiger charge is 1.96. The summed E-state index contributed by atoms with van der Waals surface area (Å²) >= 11 is 4.42. The summed E-state index contributed by atoms with van der Waals surface area (Å²) in [4.78, 5) is 7.62. The first-order valence-electron chi connectivity index (χ1n) is 0.810. The van der Waals surface area contributed by atoms with Crippen LogP contribution in [0.2, 0.25) is 0 Å². The summed E-state index contributed by atoms with van der Waals surface area (Å²) in [6.07, 6.45) is 0. The zero-order chi connectivity index (χ0) is 4.50. The molecule has 0 fully saturated rings. The summed E-state index contributed by atoms with van der Waals surface area (Å²) in [5, 5.41) is 0. The fraction of sp³-hybridized carbons (Fsp3) is 0. The highest BCUT2D eigenvalue weighted by Crippen LogP contribution is 2.39. The standard InChI is InChI=1S/BClHO2P/c1-5(2,3)4/h(H,3,4). The highest BCUT2D eigenvalue weighted by atomic mass is 35.7. The van der Waals surface area contributed by atoms with Crippen LogP contribution in [0.25, 0.3) is 0 Å². The van der Waals surface area contributed by atoms with Crippen LogP contribution in [0.15, 0.2) is 0 Å². The first-order valence-corrected chi connectivity index (χ1v) is 3.44. The van der Waals surface area contributed by atoms with Crippen molar-refractivity contribution in [3.8, 4) is 0 Å². The van der Waals surface area contributed by atoms with Gasteiger partial charge in [0.25, 0.3) is 0 Å². The predicted octanol–water partition coefficient (Wildman–Crippen LogP) is 0.494. The number of halogens is 1. The Bertz CT molecular complexity index is 55.8. The van der Waals surface area contributed by atoms with Gasteiger partial charge in [-0.2, -0.15) is 0 Å². The van der Waals surface area contributed by atoms with Crippen molar-refractivity contribution in [2.45, 2.75) is 0 Å². The van der Waals surface area contributed by atoms with E-state index in [1.165, 1.54) is 0 Å². The maximum absolute atomic E-state index is 9.31. The maximum Gasteiger partial charge on any atom is 0.225 e.